The molecule has 102 valence electrons. The zero-order valence-corrected chi connectivity index (χ0v) is 11.8. The molecule has 2 rings (SSSR count). The second-order valence-corrected chi connectivity index (χ2v) is 4.64. The van der Waals surface area contributed by atoms with Crippen LogP contribution in [-0.4, -0.2) is 16.1 Å². The predicted octanol–water partition coefficient (Wildman–Crippen LogP) is 3.39. The third-order valence-corrected chi connectivity index (χ3v) is 3.34. The number of rotatable bonds is 5. The van der Waals surface area contributed by atoms with Crippen LogP contribution in [0.15, 0.2) is 30.6 Å². The Kier molecular flexibility index (Phi) is 4.56. The van der Waals surface area contributed by atoms with Crippen LogP contribution >= 0.6 is 11.6 Å². The Balaban J connectivity index is 2.42. The Morgan fingerprint density at radius 2 is 2.21 bits per heavy atom. The molecular formula is C14H17ClFN3. The number of halogens is 2. The lowest BCUT2D eigenvalue weighted by atomic mass is 10.1. The van der Waals surface area contributed by atoms with Crippen molar-refractivity contribution < 1.29 is 4.39 Å². The van der Waals surface area contributed by atoms with E-state index in [4.69, 9.17) is 11.6 Å². The number of hydrogen-bond acceptors (Lipinski definition) is 2. The molecule has 3 nitrogen and oxygen atoms in total. The third-order valence-electron chi connectivity index (χ3n) is 3.03. The highest BCUT2D eigenvalue weighted by atomic mass is 35.5. The molecule has 1 atom stereocenters. The maximum absolute atomic E-state index is 13.6. The van der Waals surface area contributed by atoms with E-state index in [1.165, 1.54) is 6.07 Å². The molecule has 1 N–H and O–H groups in total. The maximum atomic E-state index is 13.6. The van der Waals surface area contributed by atoms with Gasteiger partial charge in [-0.3, -0.25) is 0 Å². The molecule has 19 heavy (non-hydrogen) atoms. The van der Waals surface area contributed by atoms with E-state index in [2.05, 4.69) is 17.2 Å². The van der Waals surface area contributed by atoms with E-state index >= 15 is 0 Å². The molecule has 2 aromatic rings. The lowest BCUT2D eigenvalue weighted by Gasteiger charge is -2.19. The number of imidazole rings is 1. The number of benzene rings is 1. The highest BCUT2D eigenvalue weighted by molar-refractivity contribution is 6.30. The van der Waals surface area contributed by atoms with Crippen molar-refractivity contribution in [2.45, 2.75) is 26.4 Å². The van der Waals surface area contributed by atoms with E-state index in [-0.39, 0.29) is 11.1 Å². The summed E-state index contributed by atoms with van der Waals surface area (Å²) >= 11 is 5.73. The summed E-state index contributed by atoms with van der Waals surface area (Å²) in [5.41, 5.74) is 0.824. The van der Waals surface area contributed by atoms with Gasteiger partial charge in [0.2, 0.25) is 0 Å². The van der Waals surface area contributed by atoms with Crippen molar-refractivity contribution in [1.82, 2.24) is 14.9 Å². The van der Waals surface area contributed by atoms with Gasteiger partial charge in [0, 0.05) is 18.9 Å². The molecule has 1 heterocycles. The monoisotopic (exact) mass is 281 g/mol. The highest BCUT2D eigenvalue weighted by Crippen LogP contribution is 2.24. The number of nitrogens with one attached hydrogen (secondary N) is 1. The van der Waals surface area contributed by atoms with E-state index in [1.807, 2.05) is 23.8 Å². The largest absolute Gasteiger partial charge is 0.334 e. The van der Waals surface area contributed by atoms with Gasteiger partial charge in [-0.1, -0.05) is 24.6 Å². The topological polar surface area (TPSA) is 29.9 Å². The second-order valence-electron chi connectivity index (χ2n) is 4.24. The molecule has 0 bridgehead atoms. The summed E-state index contributed by atoms with van der Waals surface area (Å²) in [6, 6.07) is 4.74. The highest BCUT2D eigenvalue weighted by Gasteiger charge is 2.18. The molecule has 1 aromatic heterocycles. The van der Waals surface area contributed by atoms with Gasteiger partial charge < -0.3 is 9.88 Å². The molecular weight excluding hydrogens is 265 g/mol. The standard InChI is InChI=1S/C14H17ClFN3/c1-3-17-13(14-18-7-8-19(14)4-2)10-5-6-11(15)12(16)9-10/h5-9,13,17H,3-4H2,1-2H3. The van der Waals surface area contributed by atoms with Gasteiger partial charge in [-0.2, -0.15) is 0 Å². The number of aromatic nitrogens is 2. The van der Waals surface area contributed by atoms with E-state index in [0.29, 0.717) is 0 Å². The first-order chi connectivity index (χ1) is 9.17. The normalized spacial score (nSPS) is 12.6. The van der Waals surface area contributed by atoms with Gasteiger partial charge in [-0.05, 0) is 31.2 Å². The summed E-state index contributed by atoms with van der Waals surface area (Å²) in [7, 11) is 0. The first-order valence-corrected chi connectivity index (χ1v) is 6.74. The summed E-state index contributed by atoms with van der Waals surface area (Å²) in [4.78, 5) is 4.38. The molecule has 0 fully saturated rings. The van der Waals surface area contributed by atoms with Crippen LogP contribution in [0.2, 0.25) is 5.02 Å². The minimum Gasteiger partial charge on any atom is -0.334 e. The molecule has 1 unspecified atom stereocenters. The molecule has 0 spiro atoms. The average Bonchev–Trinajstić information content (AvgIpc) is 2.87. The van der Waals surface area contributed by atoms with Gasteiger partial charge in [0.1, 0.15) is 11.6 Å². The van der Waals surface area contributed by atoms with Crippen molar-refractivity contribution in [3.8, 4) is 0 Å². The summed E-state index contributed by atoms with van der Waals surface area (Å²) < 4.78 is 15.7. The van der Waals surface area contributed by atoms with Crippen LogP contribution in [0.25, 0.3) is 0 Å². The van der Waals surface area contributed by atoms with Crippen molar-refractivity contribution in [2.75, 3.05) is 6.54 Å². The Morgan fingerprint density at radius 3 is 2.84 bits per heavy atom. The Morgan fingerprint density at radius 1 is 1.42 bits per heavy atom. The van der Waals surface area contributed by atoms with Gasteiger partial charge in [-0.25, -0.2) is 9.37 Å². The molecule has 0 aliphatic rings. The van der Waals surface area contributed by atoms with E-state index in [1.54, 1.807) is 12.3 Å². The molecule has 0 aliphatic heterocycles. The first kappa shape index (κ1) is 14.0. The predicted molar refractivity (Wildman–Crippen MR) is 74.8 cm³/mol. The van der Waals surface area contributed by atoms with E-state index in [0.717, 1.165) is 24.5 Å². The van der Waals surface area contributed by atoms with Crippen molar-refractivity contribution in [3.63, 3.8) is 0 Å². The quantitative estimate of drug-likeness (QED) is 0.910. The minimum atomic E-state index is -0.406. The molecule has 0 amide bonds. The van der Waals surface area contributed by atoms with Gasteiger partial charge in [-0.15, -0.1) is 0 Å². The van der Waals surface area contributed by atoms with Crippen LogP contribution in [0, 0.1) is 5.82 Å². The summed E-state index contributed by atoms with van der Waals surface area (Å²) in [6.45, 7) is 5.66. The van der Waals surface area contributed by atoms with Crippen LogP contribution in [-0.2, 0) is 6.54 Å². The smallest absolute Gasteiger partial charge is 0.142 e. The average molecular weight is 282 g/mol. The lowest BCUT2D eigenvalue weighted by molar-refractivity contribution is 0.553. The fourth-order valence-corrected chi connectivity index (χ4v) is 2.22. The molecule has 0 saturated heterocycles. The first-order valence-electron chi connectivity index (χ1n) is 6.36. The molecule has 0 radical (unpaired) electrons. The van der Waals surface area contributed by atoms with Crippen molar-refractivity contribution in [3.05, 3.63) is 52.8 Å². The van der Waals surface area contributed by atoms with E-state index < -0.39 is 5.82 Å². The van der Waals surface area contributed by atoms with Gasteiger partial charge >= 0.3 is 0 Å². The van der Waals surface area contributed by atoms with E-state index in [9.17, 15) is 4.39 Å². The number of nitrogens with zero attached hydrogens (tertiary/aromatic N) is 2. The van der Waals surface area contributed by atoms with Crippen LogP contribution in [0.4, 0.5) is 4.39 Å². The Hall–Kier alpha value is -1.39. The summed E-state index contributed by atoms with van der Waals surface area (Å²) in [6.07, 6.45) is 3.68. The number of hydrogen-bond donors (Lipinski definition) is 1. The fourth-order valence-electron chi connectivity index (χ4n) is 2.10. The second kappa shape index (κ2) is 6.17. The molecule has 5 heteroatoms. The zero-order chi connectivity index (χ0) is 13.8. The summed E-state index contributed by atoms with van der Waals surface area (Å²) in [5.74, 6) is 0.475. The van der Waals surface area contributed by atoms with Gasteiger partial charge in [0.15, 0.2) is 0 Å². The minimum absolute atomic E-state index is 0.133. The maximum Gasteiger partial charge on any atom is 0.142 e. The molecule has 0 aliphatic carbocycles. The Labute approximate surface area is 117 Å². The molecule has 0 saturated carbocycles. The van der Waals surface area contributed by atoms with Crippen LogP contribution in [0.1, 0.15) is 31.3 Å². The fraction of sp³-hybridized carbons (Fsp3) is 0.357. The van der Waals surface area contributed by atoms with Crippen LogP contribution in [0.5, 0.6) is 0 Å². The van der Waals surface area contributed by atoms with Gasteiger partial charge in [0.25, 0.3) is 0 Å². The Bertz CT molecular complexity index is 553. The van der Waals surface area contributed by atoms with Crippen molar-refractivity contribution in [2.24, 2.45) is 0 Å². The van der Waals surface area contributed by atoms with Crippen LogP contribution in [0.3, 0.4) is 0 Å². The third kappa shape index (κ3) is 2.96. The SMILES string of the molecule is CCNC(c1ccc(Cl)c(F)c1)c1nccn1CC. The zero-order valence-electron chi connectivity index (χ0n) is 11.0. The van der Waals surface area contributed by atoms with Crippen LogP contribution < -0.4 is 5.32 Å². The number of aryl methyl sites for hydroxylation is 1. The molecule has 1 aromatic carbocycles. The summed E-state index contributed by atoms with van der Waals surface area (Å²) in [5, 5.41) is 3.47. The van der Waals surface area contributed by atoms with Crippen molar-refractivity contribution in [1.29, 1.82) is 0 Å². The van der Waals surface area contributed by atoms with Crippen molar-refractivity contribution >= 4 is 11.6 Å². The van der Waals surface area contributed by atoms with Gasteiger partial charge in [0.05, 0.1) is 11.1 Å². The lowest BCUT2D eigenvalue weighted by Crippen LogP contribution is -2.25.